The molecule has 7 nitrogen and oxygen atoms in total. The van der Waals surface area contributed by atoms with Gasteiger partial charge in [-0.15, -0.1) is 0 Å². The third kappa shape index (κ3) is 4.36. The molecule has 0 saturated carbocycles. The lowest BCUT2D eigenvalue weighted by molar-refractivity contribution is -0.142. The molecule has 1 aromatic carbocycles. The molecule has 2 amide bonds. The maximum absolute atomic E-state index is 12.5. The van der Waals surface area contributed by atoms with Crippen LogP contribution in [-0.2, 0) is 11.3 Å². The summed E-state index contributed by atoms with van der Waals surface area (Å²) in [5.41, 5.74) is 2.61. The molecule has 1 fully saturated rings. The van der Waals surface area contributed by atoms with Gasteiger partial charge in [-0.25, -0.2) is 0 Å². The van der Waals surface area contributed by atoms with Crippen molar-refractivity contribution in [1.29, 1.82) is 0 Å². The second-order valence-electron chi connectivity index (χ2n) is 7.24. The van der Waals surface area contributed by atoms with Crippen LogP contribution < -0.4 is 5.32 Å². The highest BCUT2D eigenvalue weighted by Crippen LogP contribution is 2.20. The molecule has 0 aliphatic carbocycles. The maximum atomic E-state index is 12.5. The molecule has 2 atom stereocenters. The second kappa shape index (κ2) is 7.92. The number of rotatable bonds is 5. The third-order valence-corrected chi connectivity index (χ3v) is 4.99. The summed E-state index contributed by atoms with van der Waals surface area (Å²) >= 11 is 0. The first-order chi connectivity index (χ1) is 12.8. The number of carbonyl (C=O) groups excluding carboxylic acids is 2. The fourth-order valence-electron chi connectivity index (χ4n) is 3.53. The molecule has 7 heteroatoms. The first-order valence-electron chi connectivity index (χ1n) is 9.13. The standard InChI is InChI=1S/C20H26N4O3/c1-13-6-5-7-16(8-13)11-24-15(3)20(26)23(4)12-17(24)10-21-19(25)18-9-14(2)27-22-18/h5-9,15,17H,10-12H2,1-4H3,(H,21,25)/t15-,17+/m0/s1. The Morgan fingerprint density at radius 3 is 2.78 bits per heavy atom. The van der Waals surface area contributed by atoms with Crippen molar-refractivity contribution in [3.8, 4) is 0 Å². The van der Waals surface area contributed by atoms with Crippen LogP contribution in [0, 0.1) is 13.8 Å². The number of aromatic nitrogens is 1. The SMILES string of the molecule is Cc1cccc(CN2[C@H](CNC(=O)c3cc(C)on3)CN(C)C(=O)[C@@H]2C)c1. The fourth-order valence-corrected chi connectivity index (χ4v) is 3.53. The molecule has 0 unspecified atom stereocenters. The minimum Gasteiger partial charge on any atom is -0.361 e. The van der Waals surface area contributed by atoms with Crippen molar-refractivity contribution in [2.24, 2.45) is 0 Å². The summed E-state index contributed by atoms with van der Waals surface area (Å²) in [5, 5.41) is 6.68. The number of carbonyl (C=O) groups is 2. The molecule has 1 aromatic heterocycles. The van der Waals surface area contributed by atoms with Crippen molar-refractivity contribution in [3.05, 3.63) is 52.9 Å². The summed E-state index contributed by atoms with van der Waals surface area (Å²) in [4.78, 5) is 28.7. The zero-order valence-corrected chi connectivity index (χ0v) is 16.2. The average Bonchev–Trinajstić information content (AvgIpc) is 3.07. The van der Waals surface area contributed by atoms with Crippen LogP contribution in [0.2, 0.25) is 0 Å². The number of nitrogens with one attached hydrogen (secondary N) is 1. The first-order valence-corrected chi connectivity index (χ1v) is 9.13. The quantitative estimate of drug-likeness (QED) is 0.868. The number of nitrogens with zero attached hydrogens (tertiary/aromatic N) is 3. The topological polar surface area (TPSA) is 78.7 Å². The molecule has 2 heterocycles. The summed E-state index contributed by atoms with van der Waals surface area (Å²) in [6.45, 7) is 7.37. The smallest absolute Gasteiger partial charge is 0.273 e. The van der Waals surface area contributed by atoms with E-state index in [-0.39, 0.29) is 29.6 Å². The van der Waals surface area contributed by atoms with Crippen molar-refractivity contribution in [2.45, 2.75) is 39.4 Å². The van der Waals surface area contributed by atoms with Gasteiger partial charge in [-0.2, -0.15) is 0 Å². The molecule has 1 aliphatic rings. The Balaban J connectivity index is 1.73. The van der Waals surface area contributed by atoms with Gasteiger partial charge in [-0.1, -0.05) is 35.0 Å². The Hall–Kier alpha value is -2.67. The molecule has 2 aromatic rings. The van der Waals surface area contributed by atoms with E-state index in [2.05, 4.69) is 40.5 Å². The first kappa shape index (κ1) is 19.1. The van der Waals surface area contributed by atoms with Gasteiger partial charge in [0, 0.05) is 38.8 Å². The number of amides is 2. The van der Waals surface area contributed by atoms with E-state index in [0.717, 1.165) is 5.56 Å². The van der Waals surface area contributed by atoms with Gasteiger partial charge < -0.3 is 14.7 Å². The van der Waals surface area contributed by atoms with Crippen molar-refractivity contribution in [3.63, 3.8) is 0 Å². The van der Waals surface area contributed by atoms with Crippen LogP contribution in [0.15, 0.2) is 34.9 Å². The van der Waals surface area contributed by atoms with Gasteiger partial charge in [-0.3, -0.25) is 14.5 Å². The molecule has 27 heavy (non-hydrogen) atoms. The Morgan fingerprint density at radius 1 is 1.33 bits per heavy atom. The molecule has 1 N–H and O–H groups in total. The van der Waals surface area contributed by atoms with Gasteiger partial charge in [0.1, 0.15) is 5.76 Å². The molecule has 0 spiro atoms. The van der Waals surface area contributed by atoms with Crippen molar-refractivity contribution in [1.82, 2.24) is 20.3 Å². The minimum atomic E-state index is -0.269. The van der Waals surface area contributed by atoms with Crippen molar-refractivity contribution in [2.75, 3.05) is 20.1 Å². The summed E-state index contributed by atoms with van der Waals surface area (Å²) in [6, 6.07) is 9.65. The Kier molecular flexibility index (Phi) is 5.60. The molecule has 1 aliphatic heterocycles. The summed E-state index contributed by atoms with van der Waals surface area (Å²) in [5.74, 6) is 0.421. The Bertz CT molecular complexity index is 832. The molecular formula is C20H26N4O3. The van der Waals surface area contributed by atoms with Crippen LogP contribution >= 0.6 is 0 Å². The van der Waals surface area contributed by atoms with Gasteiger partial charge in [0.2, 0.25) is 5.91 Å². The predicted molar refractivity (Wildman–Crippen MR) is 101 cm³/mol. The van der Waals surface area contributed by atoms with E-state index in [1.165, 1.54) is 5.56 Å². The zero-order valence-electron chi connectivity index (χ0n) is 16.2. The molecular weight excluding hydrogens is 344 g/mol. The van der Waals surface area contributed by atoms with Gasteiger partial charge >= 0.3 is 0 Å². The Labute approximate surface area is 159 Å². The van der Waals surface area contributed by atoms with E-state index in [1.54, 1.807) is 24.9 Å². The molecule has 3 rings (SSSR count). The monoisotopic (exact) mass is 370 g/mol. The largest absolute Gasteiger partial charge is 0.361 e. The number of aryl methyl sites for hydroxylation is 2. The molecule has 144 valence electrons. The van der Waals surface area contributed by atoms with Crippen molar-refractivity contribution < 1.29 is 14.1 Å². The predicted octanol–water partition coefficient (Wildman–Crippen LogP) is 1.75. The van der Waals surface area contributed by atoms with Crippen LogP contribution in [-0.4, -0.2) is 59.0 Å². The van der Waals surface area contributed by atoms with Crippen LogP contribution in [0.25, 0.3) is 0 Å². The highest BCUT2D eigenvalue weighted by molar-refractivity contribution is 5.92. The van der Waals surface area contributed by atoms with E-state index < -0.39 is 0 Å². The highest BCUT2D eigenvalue weighted by Gasteiger charge is 2.36. The normalized spacial score (nSPS) is 20.7. The summed E-state index contributed by atoms with van der Waals surface area (Å²) < 4.78 is 4.96. The summed E-state index contributed by atoms with van der Waals surface area (Å²) in [7, 11) is 1.80. The molecule has 0 radical (unpaired) electrons. The van der Waals surface area contributed by atoms with Crippen LogP contribution in [0.5, 0.6) is 0 Å². The van der Waals surface area contributed by atoms with Crippen molar-refractivity contribution >= 4 is 11.8 Å². The van der Waals surface area contributed by atoms with E-state index in [9.17, 15) is 9.59 Å². The number of hydrogen-bond donors (Lipinski definition) is 1. The van der Waals surface area contributed by atoms with Gasteiger partial charge in [0.25, 0.3) is 5.91 Å². The van der Waals surface area contributed by atoms with E-state index in [1.807, 2.05) is 13.0 Å². The Morgan fingerprint density at radius 2 is 2.11 bits per heavy atom. The maximum Gasteiger partial charge on any atom is 0.273 e. The van der Waals surface area contributed by atoms with Gasteiger partial charge in [-0.05, 0) is 26.3 Å². The lowest BCUT2D eigenvalue weighted by Gasteiger charge is -2.43. The lowest BCUT2D eigenvalue weighted by Crippen LogP contribution is -2.62. The van der Waals surface area contributed by atoms with E-state index >= 15 is 0 Å². The van der Waals surface area contributed by atoms with E-state index in [0.29, 0.717) is 25.4 Å². The highest BCUT2D eigenvalue weighted by atomic mass is 16.5. The van der Waals surface area contributed by atoms with Gasteiger partial charge in [0.15, 0.2) is 5.69 Å². The third-order valence-electron chi connectivity index (χ3n) is 4.99. The number of likely N-dealkylation sites (N-methyl/N-ethyl adjacent to an activating group) is 1. The minimum absolute atomic E-state index is 0.0140. The number of hydrogen-bond acceptors (Lipinski definition) is 5. The van der Waals surface area contributed by atoms with Gasteiger partial charge in [0.05, 0.1) is 6.04 Å². The molecule has 0 bridgehead atoms. The number of benzene rings is 1. The van der Waals surface area contributed by atoms with Crippen LogP contribution in [0.1, 0.15) is 34.3 Å². The number of piperazine rings is 1. The van der Waals surface area contributed by atoms with E-state index in [4.69, 9.17) is 4.52 Å². The lowest BCUT2D eigenvalue weighted by atomic mass is 10.0. The van der Waals surface area contributed by atoms with Crippen LogP contribution in [0.4, 0.5) is 0 Å². The second-order valence-corrected chi connectivity index (χ2v) is 7.24. The fraction of sp³-hybridized carbons (Fsp3) is 0.450. The zero-order chi connectivity index (χ0) is 19.6. The molecule has 1 saturated heterocycles. The average molecular weight is 370 g/mol. The summed E-state index contributed by atoms with van der Waals surface area (Å²) in [6.07, 6.45) is 0. The van der Waals surface area contributed by atoms with Crippen LogP contribution in [0.3, 0.4) is 0 Å².